The molecule has 0 aliphatic rings. The Morgan fingerprint density at radius 3 is 1.66 bits per heavy atom. The van der Waals surface area contributed by atoms with Crippen LogP contribution >= 0.6 is 0 Å². The van der Waals surface area contributed by atoms with Crippen molar-refractivity contribution in [3.05, 3.63) is 224 Å². The molecule has 0 saturated carbocycles. The summed E-state index contributed by atoms with van der Waals surface area (Å²) in [6, 6.07) is 80.7. The zero-order valence-corrected chi connectivity index (χ0v) is 31.7. The summed E-state index contributed by atoms with van der Waals surface area (Å²) in [5.41, 5.74) is 14.5. The summed E-state index contributed by atoms with van der Waals surface area (Å²) >= 11 is 0. The van der Waals surface area contributed by atoms with Gasteiger partial charge in [-0.05, 0) is 116 Å². The van der Waals surface area contributed by atoms with Gasteiger partial charge in [-0.1, -0.05) is 164 Å². The predicted molar refractivity (Wildman–Crippen MR) is 245 cm³/mol. The maximum absolute atomic E-state index is 6.51. The lowest BCUT2D eigenvalue weighted by molar-refractivity contribution is 0.672. The third-order valence-electron chi connectivity index (χ3n) is 11.5. The number of anilines is 3. The van der Waals surface area contributed by atoms with E-state index in [2.05, 4.69) is 217 Å². The molecule has 1 aromatic heterocycles. The van der Waals surface area contributed by atoms with E-state index in [1.54, 1.807) is 0 Å². The quantitative estimate of drug-likeness (QED) is 0.162. The van der Waals surface area contributed by atoms with Gasteiger partial charge in [0.15, 0.2) is 0 Å². The second-order valence-electron chi connectivity index (χ2n) is 14.9. The second-order valence-corrected chi connectivity index (χ2v) is 14.9. The Kier molecular flexibility index (Phi) is 8.19. The number of benzene rings is 10. The van der Waals surface area contributed by atoms with E-state index < -0.39 is 0 Å². The van der Waals surface area contributed by atoms with E-state index in [0.29, 0.717) is 0 Å². The standard InChI is InChI=1S/C56H37NO/c1-2-11-38(12-3-1)40-25-30-48(31-26-40)57(49-32-27-41(28-33-49)44-15-10-16-45(35-44)46-23-21-39-13-4-5-14-43(39)36-46)54-19-8-6-17-50(54)47-24-22-42-29-34-52-51-18-7-9-20-55(51)58-56(52)53(42)37-47/h1-37H. The zero-order chi connectivity index (χ0) is 38.4. The largest absolute Gasteiger partial charge is 0.455 e. The minimum Gasteiger partial charge on any atom is -0.455 e. The van der Waals surface area contributed by atoms with Crippen molar-refractivity contribution >= 4 is 60.5 Å². The first kappa shape index (κ1) is 33.6. The molecule has 0 atom stereocenters. The molecule has 0 N–H and O–H groups in total. The zero-order valence-electron chi connectivity index (χ0n) is 31.7. The van der Waals surface area contributed by atoms with Crippen LogP contribution < -0.4 is 4.90 Å². The van der Waals surface area contributed by atoms with E-state index in [1.807, 2.05) is 12.1 Å². The molecule has 0 fully saturated rings. The molecule has 0 aliphatic carbocycles. The van der Waals surface area contributed by atoms with E-state index in [0.717, 1.165) is 60.9 Å². The maximum atomic E-state index is 6.51. The Morgan fingerprint density at radius 2 is 0.845 bits per heavy atom. The molecule has 10 aromatic carbocycles. The van der Waals surface area contributed by atoms with E-state index in [-0.39, 0.29) is 0 Å². The SMILES string of the molecule is c1ccc(-c2ccc(N(c3ccc(-c4cccc(-c5ccc6ccccc6c5)c4)cc3)c3ccccc3-c3ccc4ccc5c6ccccc6oc5c4c3)cc2)cc1. The fourth-order valence-corrected chi connectivity index (χ4v) is 8.49. The highest BCUT2D eigenvalue weighted by Gasteiger charge is 2.19. The van der Waals surface area contributed by atoms with Gasteiger partial charge in [0.25, 0.3) is 0 Å². The lowest BCUT2D eigenvalue weighted by Crippen LogP contribution is -2.11. The normalized spacial score (nSPS) is 11.4. The van der Waals surface area contributed by atoms with Crippen molar-refractivity contribution < 1.29 is 4.42 Å². The van der Waals surface area contributed by atoms with Crippen LogP contribution in [0.15, 0.2) is 229 Å². The van der Waals surface area contributed by atoms with E-state index in [9.17, 15) is 0 Å². The summed E-state index contributed by atoms with van der Waals surface area (Å²) in [6.45, 7) is 0. The van der Waals surface area contributed by atoms with E-state index in [1.165, 1.54) is 44.2 Å². The van der Waals surface area contributed by atoms with Crippen LogP contribution in [0.4, 0.5) is 17.1 Å². The molecule has 0 unspecified atom stereocenters. The van der Waals surface area contributed by atoms with E-state index >= 15 is 0 Å². The first-order valence-electron chi connectivity index (χ1n) is 19.8. The van der Waals surface area contributed by atoms with Crippen LogP contribution in [0.25, 0.3) is 88.0 Å². The minimum atomic E-state index is 0.907. The molecular formula is C56H37NO. The van der Waals surface area contributed by atoms with E-state index in [4.69, 9.17) is 4.42 Å². The highest BCUT2D eigenvalue weighted by Crippen LogP contribution is 2.43. The van der Waals surface area contributed by atoms with Gasteiger partial charge in [0.2, 0.25) is 0 Å². The number of nitrogens with zero attached hydrogens (tertiary/aromatic N) is 1. The Hall–Kier alpha value is -7.68. The lowest BCUT2D eigenvalue weighted by Gasteiger charge is -2.28. The number of fused-ring (bicyclic) bond motifs is 6. The molecule has 0 saturated heterocycles. The molecule has 58 heavy (non-hydrogen) atoms. The first-order valence-corrected chi connectivity index (χ1v) is 19.8. The molecule has 11 rings (SSSR count). The van der Waals surface area contributed by atoms with Crippen LogP contribution in [-0.2, 0) is 0 Å². The molecule has 0 aliphatic heterocycles. The first-order chi connectivity index (χ1) is 28.7. The summed E-state index contributed by atoms with van der Waals surface area (Å²) < 4.78 is 6.51. The van der Waals surface area contributed by atoms with Crippen LogP contribution in [-0.4, -0.2) is 0 Å². The maximum Gasteiger partial charge on any atom is 0.143 e. The molecule has 0 bridgehead atoms. The Balaban J connectivity index is 1.02. The van der Waals surface area contributed by atoms with Crippen molar-refractivity contribution in [1.82, 2.24) is 0 Å². The Bertz CT molecular complexity index is 3270. The highest BCUT2D eigenvalue weighted by atomic mass is 16.3. The molecule has 272 valence electrons. The van der Waals surface area contributed by atoms with Crippen molar-refractivity contribution in [2.24, 2.45) is 0 Å². The molecule has 2 heteroatoms. The van der Waals surface area contributed by atoms with Crippen LogP contribution in [0.2, 0.25) is 0 Å². The van der Waals surface area contributed by atoms with Crippen LogP contribution in [0, 0.1) is 0 Å². The van der Waals surface area contributed by atoms with Crippen molar-refractivity contribution in [3.63, 3.8) is 0 Å². The summed E-state index contributed by atoms with van der Waals surface area (Å²) in [5.74, 6) is 0. The van der Waals surface area contributed by atoms with Crippen molar-refractivity contribution in [2.45, 2.75) is 0 Å². The molecule has 0 radical (unpaired) electrons. The Labute approximate surface area is 337 Å². The lowest BCUT2D eigenvalue weighted by atomic mass is 9.96. The van der Waals surface area contributed by atoms with Gasteiger partial charge in [-0.25, -0.2) is 0 Å². The molecule has 1 heterocycles. The number of hydrogen-bond donors (Lipinski definition) is 0. The molecule has 11 aromatic rings. The van der Waals surface area contributed by atoms with Gasteiger partial charge < -0.3 is 9.32 Å². The van der Waals surface area contributed by atoms with Crippen LogP contribution in [0.1, 0.15) is 0 Å². The number of hydrogen-bond acceptors (Lipinski definition) is 2. The number of para-hydroxylation sites is 2. The summed E-state index contributed by atoms with van der Waals surface area (Å²) in [4.78, 5) is 2.38. The third-order valence-corrected chi connectivity index (χ3v) is 11.5. The van der Waals surface area contributed by atoms with Gasteiger partial charge in [0.05, 0.1) is 5.69 Å². The molecule has 2 nitrogen and oxygen atoms in total. The summed E-state index contributed by atoms with van der Waals surface area (Å²) in [7, 11) is 0. The van der Waals surface area contributed by atoms with Gasteiger partial charge in [-0.2, -0.15) is 0 Å². The molecular weight excluding hydrogens is 703 g/mol. The fourth-order valence-electron chi connectivity index (χ4n) is 8.49. The second kappa shape index (κ2) is 14.1. The van der Waals surface area contributed by atoms with Gasteiger partial charge in [-0.15, -0.1) is 0 Å². The van der Waals surface area contributed by atoms with Gasteiger partial charge >= 0.3 is 0 Å². The van der Waals surface area contributed by atoms with Gasteiger partial charge in [0.1, 0.15) is 11.2 Å². The highest BCUT2D eigenvalue weighted by molar-refractivity contribution is 6.15. The van der Waals surface area contributed by atoms with Crippen molar-refractivity contribution in [1.29, 1.82) is 0 Å². The average molecular weight is 740 g/mol. The predicted octanol–water partition coefficient (Wildman–Crippen LogP) is 16.0. The van der Waals surface area contributed by atoms with Crippen molar-refractivity contribution in [2.75, 3.05) is 4.90 Å². The summed E-state index contributed by atoms with van der Waals surface area (Å²) in [6.07, 6.45) is 0. The molecule has 0 amide bonds. The number of furan rings is 1. The van der Waals surface area contributed by atoms with Gasteiger partial charge in [-0.3, -0.25) is 0 Å². The van der Waals surface area contributed by atoms with Crippen LogP contribution in [0.3, 0.4) is 0 Å². The van der Waals surface area contributed by atoms with Crippen LogP contribution in [0.5, 0.6) is 0 Å². The topological polar surface area (TPSA) is 16.4 Å². The summed E-state index contributed by atoms with van der Waals surface area (Å²) in [5, 5.41) is 7.04. The fraction of sp³-hybridized carbons (Fsp3) is 0. The minimum absolute atomic E-state index is 0.907. The number of rotatable bonds is 7. The van der Waals surface area contributed by atoms with Gasteiger partial charge in [0, 0.05) is 33.1 Å². The average Bonchev–Trinajstić information content (AvgIpc) is 3.69. The Morgan fingerprint density at radius 1 is 0.293 bits per heavy atom. The van der Waals surface area contributed by atoms with Crippen molar-refractivity contribution in [3.8, 4) is 44.5 Å². The smallest absolute Gasteiger partial charge is 0.143 e. The molecule has 0 spiro atoms. The third kappa shape index (κ3) is 6.00. The monoisotopic (exact) mass is 739 g/mol.